The number of nitrogens with zero attached hydrogens (tertiary/aromatic N) is 1. The molecule has 1 aliphatic carbocycles. The fourth-order valence-electron chi connectivity index (χ4n) is 3.47. The van der Waals surface area contributed by atoms with Crippen molar-refractivity contribution < 1.29 is 19.1 Å². The van der Waals surface area contributed by atoms with Gasteiger partial charge in [0.15, 0.2) is 17.3 Å². The van der Waals surface area contributed by atoms with Crippen molar-refractivity contribution in [3.8, 4) is 11.5 Å². The lowest BCUT2D eigenvalue weighted by molar-refractivity contribution is 0.0783. The summed E-state index contributed by atoms with van der Waals surface area (Å²) in [4.78, 5) is 41.4. The SMILES string of the molecule is CN(Cc1ccc2c(c1)OCCO2)C(=O)c1cc2c([nH]c1=O)CCCC2=O. The van der Waals surface area contributed by atoms with Gasteiger partial charge in [-0.15, -0.1) is 0 Å². The maximum Gasteiger partial charge on any atom is 0.261 e. The number of benzene rings is 1. The summed E-state index contributed by atoms with van der Waals surface area (Å²) in [5.74, 6) is 0.879. The number of hydrogen-bond donors (Lipinski definition) is 1. The predicted molar refractivity (Wildman–Crippen MR) is 97.6 cm³/mol. The molecule has 0 saturated heterocycles. The zero-order chi connectivity index (χ0) is 19.0. The van der Waals surface area contributed by atoms with Crippen molar-refractivity contribution in [2.24, 2.45) is 0 Å². The molecular formula is C20H20N2O5. The Labute approximate surface area is 155 Å². The first-order valence-electron chi connectivity index (χ1n) is 8.96. The molecule has 2 aliphatic rings. The zero-order valence-electron chi connectivity index (χ0n) is 15.0. The molecule has 0 radical (unpaired) electrons. The predicted octanol–water partition coefficient (Wildman–Crippen LogP) is 1.94. The average Bonchev–Trinajstić information content (AvgIpc) is 2.67. The summed E-state index contributed by atoms with van der Waals surface area (Å²) >= 11 is 0. The minimum atomic E-state index is -0.456. The van der Waals surface area contributed by atoms with E-state index in [9.17, 15) is 14.4 Å². The van der Waals surface area contributed by atoms with Crippen molar-refractivity contribution in [2.75, 3.05) is 20.3 Å². The number of nitrogens with one attached hydrogen (secondary N) is 1. The number of hydrogen-bond acceptors (Lipinski definition) is 5. The van der Waals surface area contributed by atoms with Gasteiger partial charge in [-0.1, -0.05) is 6.07 Å². The van der Waals surface area contributed by atoms with Crippen molar-refractivity contribution in [1.29, 1.82) is 0 Å². The summed E-state index contributed by atoms with van der Waals surface area (Å²) in [5.41, 5.74) is 1.48. The Morgan fingerprint density at radius 3 is 2.70 bits per heavy atom. The van der Waals surface area contributed by atoms with Gasteiger partial charge in [-0.3, -0.25) is 14.4 Å². The first kappa shape index (κ1) is 17.3. The van der Waals surface area contributed by atoms with E-state index < -0.39 is 11.5 Å². The smallest absolute Gasteiger partial charge is 0.261 e. The van der Waals surface area contributed by atoms with Gasteiger partial charge in [-0.2, -0.15) is 0 Å². The molecule has 1 aromatic heterocycles. The maximum absolute atomic E-state index is 12.8. The van der Waals surface area contributed by atoms with Crippen LogP contribution in [0.25, 0.3) is 0 Å². The van der Waals surface area contributed by atoms with Crippen LogP contribution in [-0.4, -0.2) is 41.8 Å². The number of carbonyl (C=O) groups is 2. The summed E-state index contributed by atoms with van der Waals surface area (Å²) in [6, 6.07) is 6.95. The van der Waals surface area contributed by atoms with Crippen LogP contribution in [0.2, 0.25) is 0 Å². The molecule has 1 aliphatic heterocycles. The number of amides is 1. The number of pyridine rings is 1. The third-order valence-corrected chi connectivity index (χ3v) is 4.86. The molecule has 0 fully saturated rings. The summed E-state index contributed by atoms with van der Waals surface area (Å²) in [7, 11) is 1.62. The third kappa shape index (κ3) is 3.32. The van der Waals surface area contributed by atoms with E-state index >= 15 is 0 Å². The van der Waals surface area contributed by atoms with E-state index in [4.69, 9.17) is 9.47 Å². The maximum atomic E-state index is 12.8. The van der Waals surface area contributed by atoms with Crippen LogP contribution in [0.1, 0.15) is 44.8 Å². The second kappa shape index (κ2) is 6.90. The summed E-state index contributed by atoms with van der Waals surface area (Å²) in [5, 5.41) is 0. The molecule has 1 N–H and O–H groups in total. The summed E-state index contributed by atoms with van der Waals surface area (Å²) < 4.78 is 11.1. The van der Waals surface area contributed by atoms with Gasteiger partial charge in [0.25, 0.3) is 11.5 Å². The number of H-pyrrole nitrogens is 1. The van der Waals surface area contributed by atoms with E-state index in [0.29, 0.717) is 55.4 Å². The van der Waals surface area contributed by atoms with Gasteiger partial charge >= 0.3 is 0 Å². The fourth-order valence-corrected chi connectivity index (χ4v) is 3.47. The molecule has 4 rings (SSSR count). The van der Waals surface area contributed by atoms with Crippen molar-refractivity contribution in [1.82, 2.24) is 9.88 Å². The lowest BCUT2D eigenvalue weighted by Gasteiger charge is -2.21. The number of carbonyl (C=O) groups excluding carboxylic acids is 2. The van der Waals surface area contributed by atoms with Crippen LogP contribution in [-0.2, 0) is 13.0 Å². The van der Waals surface area contributed by atoms with E-state index in [-0.39, 0.29) is 11.3 Å². The number of fused-ring (bicyclic) bond motifs is 2. The lowest BCUT2D eigenvalue weighted by atomic mass is 9.93. The van der Waals surface area contributed by atoms with Crippen LogP contribution in [0.3, 0.4) is 0 Å². The number of aryl methyl sites for hydroxylation is 1. The van der Waals surface area contributed by atoms with E-state index in [0.717, 1.165) is 12.0 Å². The molecule has 2 aromatic rings. The Kier molecular flexibility index (Phi) is 4.43. The van der Waals surface area contributed by atoms with Crippen LogP contribution in [0.5, 0.6) is 11.5 Å². The first-order chi connectivity index (χ1) is 13.0. The van der Waals surface area contributed by atoms with Crippen molar-refractivity contribution in [3.63, 3.8) is 0 Å². The van der Waals surface area contributed by atoms with Crippen molar-refractivity contribution in [3.05, 3.63) is 57.0 Å². The standard InChI is InChI=1S/C20H20N2O5/c1-22(11-12-5-6-17-18(9-12)27-8-7-26-17)20(25)14-10-13-15(21-19(14)24)3-2-4-16(13)23/h5-6,9-10H,2-4,7-8,11H2,1H3,(H,21,24). The second-order valence-corrected chi connectivity index (χ2v) is 6.82. The third-order valence-electron chi connectivity index (χ3n) is 4.86. The molecule has 7 nitrogen and oxygen atoms in total. The molecule has 140 valence electrons. The number of aromatic amines is 1. The Bertz CT molecular complexity index is 979. The molecule has 0 unspecified atom stereocenters. The van der Waals surface area contributed by atoms with Gasteiger partial charge in [-0.05, 0) is 36.6 Å². The average molecular weight is 368 g/mol. The lowest BCUT2D eigenvalue weighted by Crippen LogP contribution is -2.33. The first-order valence-corrected chi connectivity index (χ1v) is 8.96. The van der Waals surface area contributed by atoms with Crippen LogP contribution < -0.4 is 15.0 Å². The topological polar surface area (TPSA) is 88.7 Å². The molecule has 7 heteroatoms. The van der Waals surface area contributed by atoms with Gasteiger partial charge in [-0.25, -0.2) is 0 Å². The molecule has 27 heavy (non-hydrogen) atoms. The number of rotatable bonds is 3. The van der Waals surface area contributed by atoms with Gasteiger partial charge < -0.3 is 19.4 Å². The monoisotopic (exact) mass is 368 g/mol. The highest BCUT2D eigenvalue weighted by molar-refractivity contribution is 6.01. The van der Waals surface area contributed by atoms with Gasteiger partial charge in [0, 0.05) is 31.3 Å². The Morgan fingerprint density at radius 1 is 1.11 bits per heavy atom. The largest absolute Gasteiger partial charge is 0.486 e. The number of aromatic nitrogens is 1. The molecular weight excluding hydrogens is 348 g/mol. The molecule has 1 aromatic carbocycles. The highest BCUT2D eigenvalue weighted by Crippen LogP contribution is 2.31. The fraction of sp³-hybridized carbons (Fsp3) is 0.350. The van der Waals surface area contributed by atoms with Gasteiger partial charge in [0.2, 0.25) is 0 Å². The Balaban J connectivity index is 1.57. The highest BCUT2D eigenvalue weighted by Gasteiger charge is 2.24. The number of ether oxygens (including phenoxy) is 2. The van der Waals surface area contributed by atoms with Gasteiger partial charge in [0.1, 0.15) is 18.8 Å². The quantitative estimate of drug-likeness (QED) is 0.894. The van der Waals surface area contributed by atoms with Crippen LogP contribution >= 0.6 is 0 Å². The van der Waals surface area contributed by atoms with Crippen molar-refractivity contribution >= 4 is 11.7 Å². The molecule has 0 bridgehead atoms. The summed E-state index contributed by atoms with van der Waals surface area (Å²) in [6.45, 7) is 1.31. The molecule has 1 amide bonds. The molecule has 0 saturated carbocycles. The number of ketones is 1. The highest BCUT2D eigenvalue weighted by atomic mass is 16.6. The summed E-state index contributed by atoms with van der Waals surface area (Å²) in [6.07, 6.45) is 1.82. The van der Waals surface area contributed by atoms with Crippen LogP contribution in [0.4, 0.5) is 0 Å². The minimum Gasteiger partial charge on any atom is -0.486 e. The molecule has 2 heterocycles. The zero-order valence-corrected chi connectivity index (χ0v) is 15.0. The molecule has 0 atom stereocenters. The van der Waals surface area contributed by atoms with E-state index in [2.05, 4.69) is 4.98 Å². The minimum absolute atomic E-state index is 0.0101. The van der Waals surface area contributed by atoms with Crippen molar-refractivity contribution in [2.45, 2.75) is 25.8 Å². The Morgan fingerprint density at radius 2 is 1.89 bits per heavy atom. The van der Waals surface area contributed by atoms with E-state index in [1.807, 2.05) is 18.2 Å². The van der Waals surface area contributed by atoms with Crippen LogP contribution in [0.15, 0.2) is 29.1 Å². The normalized spacial score (nSPS) is 15.2. The van der Waals surface area contributed by atoms with Crippen LogP contribution in [0, 0.1) is 0 Å². The number of Topliss-reactive ketones (excluding diaryl/α,β-unsaturated/α-hetero) is 1. The molecule has 0 spiro atoms. The van der Waals surface area contributed by atoms with E-state index in [1.54, 1.807) is 7.05 Å². The van der Waals surface area contributed by atoms with E-state index in [1.165, 1.54) is 11.0 Å². The Hall–Kier alpha value is -3.09. The van der Waals surface area contributed by atoms with Gasteiger partial charge in [0.05, 0.1) is 0 Å². The second-order valence-electron chi connectivity index (χ2n) is 6.82.